The van der Waals surface area contributed by atoms with Crippen molar-refractivity contribution in [2.24, 2.45) is 0 Å². The van der Waals surface area contributed by atoms with Crippen molar-refractivity contribution in [3.05, 3.63) is 22.2 Å². The minimum atomic E-state index is 0.603. The fraction of sp³-hybridized carbons (Fsp3) is 0.600. The van der Waals surface area contributed by atoms with Crippen LogP contribution < -0.4 is 14.8 Å². The fourth-order valence-electron chi connectivity index (χ4n) is 2.50. The van der Waals surface area contributed by atoms with Crippen molar-refractivity contribution in [2.75, 3.05) is 34.4 Å². The van der Waals surface area contributed by atoms with Crippen molar-refractivity contribution < 1.29 is 9.47 Å². The van der Waals surface area contributed by atoms with Crippen molar-refractivity contribution in [1.82, 2.24) is 10.2 Å². The molecule has 0 unspecified atom stereocenters. The summed E-state index contributed by atoms with van der Waals surface area (Å²) < 4.78 is 11.7. The average molecular weight is 343 g/mol. The van der Waals surface area contributed by atoms with E-state index < -0.39 is 0 Å². The molecule has 0 spiro atoms. The summed E-state index contributed by atoms with van der Waals surface area (Å²) in [6, 6.07) is 4.60. The molecule has 1 aromatic rings. The van der Waals surface area contributed by atoms with E-state index in [1.165, 1.54) is 31.5 Å². The first-order chi connectivity index (χ1) is 9.63. The van der Waals surface area contributed by atoms with Crippen molar-refractivity contribution >= 4 is 15.9 Å². The summed E-state index contributed by atoms with van der Waals surface area (Å²) in [7, 11) is 5.50. The number of methoxy groups -OCH3 is 2. The van der Waals surface area contributed by atoms with E-state index in [4.69, 9.17) is 9.47 Å². The van der Waals surface area contributed by atoms with Crippen LogP contribution in [-0.2, 0) is 6.54 Å². The molecule has 0 saturated carbocycles. The lowest BCUT2D eigenvalue weighted by Gasteiger charge is -2.29. The molecule has 0 bridgehead atoms. The zero-order valence-corrected chi connectivity index (χ0v) is 14.0. The molecule has 1 aromatic carbocycles. The van der Waals surface area contributed by atoms with E-state index in [0.29, 0.717) is 6.04 Å². The minimum absolute atomic E-state index is 0.603. The normalized spacial score (nSPS) is 17.2. The van der Waals surface area contributed by atoms with Gasteiger partial charge in [-0.1, -0.05) is 15.9 Å². The third-order valence-corrected chi connectivity index (χ3v) is 4.59. The highest BCUT2D eigenvalue weighted by atomic mass is 79.9. The van der Waals surface area contributed by atoms with Gasteiger partial charge in [-0.15, -0.1) is 0 Å². The first-order valence-electron chi connectivity index (χ1n) is 6.96. The van der Waals surface area contributed by atoms with Crippen molar-refractivity contribution in [3.63, 3.8) is 0 Å². The largest absolute Gasteiger partial charge is 0.493 e. The molecule has 1 fully saturated rings. The van der Waals surface area contributed by atoms with Crippen LogP contribution in [0.1, 0.15) is 18.4 Å². The SMILES string of the molecule is COc1cc(Br)c(CNC2CCN(C)CC2)cc1OC. The average Bonchev–Trinajstić information content (AvgIpc) is 2.47. The molecule has 1 aliphatic rings. The van der Waals surface area contributed by atoms with E-state index in [1.54, 1.807) is 14.2 Å². The first kappa shape index (κ1) is 15.6. The lowest BCUT2D eigenvalue weighted by molar-refractivity contribution is 0.234. The molecular formula is C15H23BrN2O2. The summed E-state index contributed by atoms with van der Waals surface area (Å²) in [5.41, 5.74) is 1.20. The molecule has 112 valence electrons. The summed E-state index contributed by atoms with van der Waals surface area (Å²) in [6.07, 6.45) is 2.42. The smallest absolute Gasteiger partial charge is 0.161 e. The number of ether oxygens (including phenoxy) is 2. The number of benzene rings is 1. The van der Waals surface area contributed by atoms with Gasteiger partial charge in [0.05, 0.1) is 14.2 Å². The van der Waals surface area contributed by atoms with Crippen molar-refractivity contribution in [1.29, 1.82) is 0 Å². The minimum Gasteiger partial charge on any atom is -0.493 e. The summed E-state index contributed by atoms with van der Waals surface area (Å²) in [4.78, 5) is 2.38. The van der Waals surface area contributed by atoms with Crippen molar-refractivity contribution in [2.45, 2.75) is 25.4 Å². The highest BCUT2D eigenvalue weighted by Crippen LogP contribution is 2.33. The van der Waals surface area contributed by atoms with Crippen LogP contribution in [0.15, 0.2) is 16.6 Å². The summed E-state index contributed by atoms with van der Waals surface area (Å²) >= 11 is 3.60. The number of hydrogen-bond acceptors (Lipinski definition) is 4. The third-order valence-electron chi connectivity index (χ3n) is 3.85. The Hall–Kier alpha value is -0.780. The molecule has 1 heterocycles. The number of hydrogen-bond donors (Lipinski definition) is 1. The first-order valence-corrected chi connectivity index (χ1v) is 7.75. The van der Waals surface area contributed by atoms with Gasteiger partial charge in [0.25, 0.3) is 0 Å². The zero-order valence-electron chi connectivity index (χ0n) is 12.4. The lowest BCUT2D eigenvalue weighted by atomic mass is 10.1. The van der Waals surface area contributed by atoms with Gasteiger partial charge in [-0.05, 0) is 50.7 Å². The van der Waals surface area contributed by atoms with Gasteiger partial charge < -0.3 is 19.7 Å². The molecule has 1 N–H and O–H groups in total. The van der Waals surface area contributed by atoms with Gasteiger partial charge in [0.15, 0.2) is 11.5 Å². The Morgan fingerprint density at radius 1 is 1.20 bits per heavy atom. The quantitative estimate of drug-likeness (QED) is 0.891. The lowest BCUT2D eigenvalue weighted by Crippen LogP contribution is -2.40. The predicted molar refractivity (Wildman–Crippen MR) is 84.6 cm³/mol. The zero-order chi connectivity index (χ0) is 14.5. The summed E-state index contributed by atoms with van der Waals surface area (Å²) in [5.74, 6) is 1.53. The van der Waals surface area contributed by atoms with Crippen LogP contribution >= 0.6 is 15.9 Å². The van der Waals surface area contributed by atoms with Crippen LogP contribution in [0, 0.1) is 0 Å². The Labute approximate surface area is 129 Å². The van der Waals surface area contributed by atoms with E-state index in [9.17, 15) is 0 Å². The maximum Gasteiger partial charge on any atom is 0.161 e. The number of nitrogens with one attached hydrogen (secondary N) is 1. The van der Waals surface area contributed by atoms with Gasteiger partial charge >= 0.3 is 0 Å². The standard InChI is InChI=1S/C15H23BrN2O2/c1-18-6-4-12(5-7-18)17-10-11-8-14(19-2)15(20-3)9-13(11)16/h8-9,12,17H,4-7,10H2,1-3H3. The molecule has 1 saturated heterocycles. The molecule has 1 aliphatic heterocycles. The molecule has 0 radical (unpaired) electrons. The maximum absolute atomic E-state index is 5.36. The molecule has 20 heavy (non-hydrogen) atoms. The molecule has 4 nitrogen and oxygen atoms in total. The molecule has 0 aliphatic carbocycles. The third kappa shape index (κ3) is 3.87. The van der Waals surface area contributed by atoms with Crippen LogP contribution in [-0.4, -0.2) is 45.3 Å². The molecule has 0 atom stereocenters. The van der Waals surface area contributed by atoms with Gasteiger partial charge in [-0.25, -0.2) is 0 Å². The highest BCUT2D eigenvalue weighted by Gasteiger charge is 2.17. The van der Waals surface area contributed by atoms with Gasteiger partial charge in [0, 0.05) is 17.1 Å². The number of likely N-dealkylation sites (tertiary alicyclic amines) is 1. The van der Waals surface area contributed by atoms with E-state index in [2.05, 4.69) is 33.2 Å². The predicted octanol–water partition coefficient (Wildman–Crippen LogP) is 2.65. The van der Waals surface area contributed by atoms with Crippen molar-refractivity contribution in [3.8, 4) is 11.5 Å². The second-order valence-corrected chi connectivity index (χ2v) is 6.11. The number of piperidine rings is 1. The van der Waals surface area contributed by atoms with Crippen LogP contribution in [0.3, 0.4) is 0 Å². The summed E-state index contributed by atoms with van der Waals surface area (Å²) in [5, 5.41) is 3.64. The van der Waals surface area contributed by atoms with Crippen LogP contribution in [0.5, 0.6) is 11.5 Å². The van der Waals surface area contributed by atoms with E-state index in [1.807, 2.05) is 12.1 Å². The highest BCUT2D eigenvalue weighted by molar-refractivity contribution is 9.10. The second kappa shape index (κ2) is 7.29. The van der Waals surface area contributed by atoms with Gasteiger partial charge in [-0.2, -0.15) is 0 Å². The monoisotopic (exact) mass is 342 g/mol. The fourth-order valence-corrected chi connectivity index (χ4v) is 2.96. The molecule has 5 heteroatoms. The topological polar surface area (TPSA) is 33.7 Å². The Balaban J connectivity index is 1.98. The Morgan fingerprint density at radius 2 is 1.80 bits per heavy atom. The van der Waals surface area contributed by atoms with Crippen LogP contribution in [0.25, 0.3) is 0 Å². The van der Waals surface area contributed by atoms with Crippen LogP contribution in [0.2, 0.25) is 0 Å². The Morgan fingerprint density at radius 3 is 2.40 bits per heavy atom. The summed E-state index contributed by atoms with van der Waals surface area (Å²) in [6.45, 7) is 3.19. The number of halogens is 1. The maximum atomic E-state index is 5.36. The Bertz CT molecular complexity index is 446. The molecule has 0 amide bonds. The van der Waals surface area contributed by atoms with E-state index in [-0.39, 0.29) is 0 Å². The van der Waals surface area contributed by atoms with Gasteiger partial charge in [0.1, 0.15) is 0 Å². The molecule has 2 rings (SSSR count). The number of nitrogens with zero attached hydrogens (tertiary/aromatic N) is 1. The molecule has 0 aromatic heterocycles. The van der Waals surface area contributed by atoms with E-state index in [0.717, 1.165) is 22.5 Å². The second-order valence-electron chi connectivity index (χ2n) is 5.26. The van der Waals surface area contributed by atoms with E-state index >= 15 is 0 Å². The number of rotatable bonds is 5. The van der Waals surface area contributed by atoms with Gasteiger partial charge in [0.2, 0.25) is 0 Å². The molecular weight excluding hydrogens is 320 g/mol. The van der Waals surface area contributed by atoms with Crippen LogP contribution in [0.4, 0.5) is 0 Å². The Kier molecular flexibility index (Phi) is 5.69. The van der Waals surface area contributed by atoms with Gasteiger partial charge in [-0.3, -0.25) is 0 Å².